The van der Waals surface area contributed by atoms with Crippen LogP contribution in [0, 0.1) is 0 Å². The number of hydrogen-bond acceptors (Lipinski definition) is 3. The lowest BCUT2D eigenvalue weighted by atomic mass is 10.00. The molecule has 0 amide bonds. The Labute approximate surface area is 96.0 Å². The summed E-state index contributed by atoms with van der Waals surface area (Å²) in [4.78, 5) is 2.45. The van der Waals surface area contributed by atoms with E-state index < -0.39 is 0 Å². The van der Waals surface area contributed by atoms with Crippen molar-refractivity contribution in [3.05, 3.63) is 17.7 Å². The lowest BCUT2D eigenvalue weighted by Gasteiger charge is -2.34. The Kier molecular flexibility index (Phi) is 2.20. The zero-order chi connectivity index (χ0) is 11.1. The van der Waals surface area contributed by atoms with Crippen molar-refractivity contribution in [3.8, 4) is 11.5 Å². The fourth-order valence-electron chi connectivity index (χ4n) is 2.54. The van der Waals surface area contributed by atoms with Gasteiger partial charge in [-0.3, -0.25) is 0 Å². The number of hydrogen-bond donors (Lipinski definition) is 0. The number of anilines is 1. The van der Waals surface area contributed by atoms with Crippen molar-refractivity contribution in [2.75, 3.05) is 18.2 Å². The van der Waals surface area contributed by atoms with Crippen LogP contribution in [0.25, 0.3) is 0 Å². The van der Waals surface area contributed by atoms with Gasteiger partial charge in [0.1, 0.15) is 0 Å². The molecule has 0 aliphatic carbocycles. The summed E-state index contributed by atoms with van der Waals surface area (Å²) < 4.78 is 10.9. The van der Waals surface area contributed by atoms with Gasteiger partial charge in [-0.2, -0.15) is 0 Å². The molecule has 0 spiro atoms. The van der Waals surface area contributed by atoms with Gasteiger partial charge in [0.2, 0.25) is 6.79 Å². The third kappa shape index (κ3) is 1.42. The van der Waals surface area contributed by atoms with Gasteiger partial charge in [0.05, 0.1) is 0 Å². The quantitative estimate of drug-likeness (QED) is 0.724. The summed E-state index contributed by atoms with van der Waals surface area (Å²) in [6.45, 7) is 5.98. The molecule has 3 heteroatoms. The predicted molar refractivity (Wildman–Crippen MR) is 63.4 cm³/mol. The minimum absolute atomic E-state index is 0.361. The second kappa shape index (κ2) is 3.58. The van der Waals surface area contributed by atoms with Crippen LogP contribution in [-0.2, 0) is 6.42 Å². The molecule has 3 nitrogen and oxygen atoms in total. The summed E-state index contributed by atoms with van der Waals surface area (Å²) in [6.07, 6.45) is 2.38. The van der Waals surface area contributed by atoms with Crippen molar-refractivity contribution in [2.45, 2.75) is 32.7 Å². The van der Waals surface area contributed by atoms with Gasteiger partial charge in [0.25, 0.3) is 0 Å². The molecule has 2 aliphatic rings. The van der Waals surface area contributed by atoms with E-state index in [0.717, 1.165) is 24.5 Å². The molecule has 0 aromatic heterocycles. The van der Waals surface area contributed by atoms with Crippen molar-refractivity contribution in [3.63, 3.8) is 0 Å². The molecule has 16 heavy (non-hydrogen) atoms. The summed E-state index contributed by atoms with van der Waals surface area (Å²) in [6, 6.07) is 4.82. The molecule has 2 aliphatic heterocycles. The number of rotatable bonds is 1. The van der Waals surface area contributed by atoms with Gasteiger partial charge < -0.3 is 14.4 Å². The van der Waals surface area contributed by atoms with Crippen molar-refractivity contribution in [1.82, 2.24) is 0 Å². The molecule has 2 heterocycles. The molecule has 0 unspecified atom stereocenters. The van der Waals surface area contributed by atoms with Gasteiger partial charge >= 0.3 is 0 Å². The Morgan fingerprint density at radius 3 is 2.69 bits per heavy atom. The van der Waals surface area contributed by atoms with E-state index in [4.69, 9.17) is 9.47 Å². The van der Waals surface area contributed by atoms with Gasteiger partial charge in [0.15, 0.2) is 11.5 Å². The standard InChI is InChI=1S/C13H17NO2/c1-9(2)14-5-3-4-10-6-12-13(7-11(10)14)16-8-15-12/h6-7,9H,3-5,8H2,1-2H3. The van der Waals surface area contributed by atoms with E-state index in [0.29, 0.717) is 12.8 Å². The lowest BCUT2D eigenvalue weighted by Crippen LogP contribution is -2.35. The Morgan fingerprint density at radius 2 is 1.94 bits per heavy atom. The molecule has 0 fully saturated rings. The first kappa shape index (κ1) is 9.82. The third-order valence-corrected chi connectivity index (χ3v) is 3.35. The Morgan fingerprint density at radius 1 is 1.19 bits per heavy atom. The molecular weight excluding hydrogens is 202 g/mol. The van der Waals surface area contributed by atoms with E-state index in [1.807, 2.05) is 0 Å². The first-order chi connectivity index (χ1) is 7.75. The number of aryl methyl sites for hydroxylation is 1. The van der Waals surface area contributed by atoms with Crippen LogP contribution < -0.4 is 14.4 Å². The van der Waals surface area contributed by atoms with Gasteiger partial charge in [-0.15, -0.1) is 0 Å². The number of fused-ring (bicyclic) bond motifs is 2. The topological polar surface area (TPSA) is 21.7 Å². The zero-order valence-corrected chi connectivity index (χ0v) is 9.82. The molecule has 3 rings (SSSR count). The summed E-state index contributed by atoms with van der Waals surface area (Å²) in [5, 5.41) is 0. The molecule has 1 aromatic carbocycles. The molecule has 0 N–H and O–H groups in total. The number of nitrogens with zero attached hydrogens (tertiary/aromatic N) is 1. The molecule has 1 aromatic rings. The average Bonchev–Trinajstić information content (AvgIpc) is 2.71. The van der Waals surface area contributed by atoms with Gasteiger partial charge in [-0.1, -0.05) is 0 Å². The van der Waals surface area contributed by atoms with Crippen molar-refractivity contribution in [2.24, 2.45) is 0 Å². The number of ether oxygens (including phenoxy) is 2. The van der Waals surface area contributed by atoms with Crippen LogP contribution >= 0.6 is 0 Å². The van der Waals surface area contributed by atoms with E-state index in [1.54, 1.807) is 0 Å². The maximum Gasteiger partial charge on any atom is 0.231 e. The summed E-state index contributed by atoms with van der Waals surface area (Å²) in [7, 11) is 0. The highest BCUT2D eigenvalue weighted by Crippen LogP contribution is 2.40. The van der Waals surface area contributed by atoms with E-state index >= 15 is 0 Å². The van der Waals surface area contributed by atoms with Crippen LogP contribution in [0.15, 0.2) is 12.1 Å². The summed E-state index contributed by atoms with van der Waals surface area (Å²) >= 11 is 0. The SMILES string of the molecule is CC(C)N1CCCc2cc3c(cc21)OCO3. The zero-order valence-electron chi connectivity index (χ0n) is 9.82. The van der Waals surface area contributed by atoms with Crippen LogP contribution in [0.4, 0.5) is 5.69 Å². The highest BCUT2D eigenvalue weighted by atomic mass is 16.7. The van der Waals surface area contributed by atoms with Crippen molar-refractivity contribution >= 4 is 5.69 Å². The van der Waals surface area contributed by atoms with E-state index in [2.05, 4.69) is 30.9 Å². The molecule has 0 saturated carbocycles. The monoisotopic (exact) mass is 219 g/mol. The first-order valence-electron chi connectivity index (χ1n) is 5.95. The van der Waals surface area contributed by atoms with Gasteiger partial charge in [-0.05, 0) is 38.3 Å². The Bertz CT molecular complexity index is 415. The first-order valence-corrected chi connectivity index (χ1v) is 5.95. The smallest absolute Gasteiger partial charge is 0.231 e. The molecule has 0 atom stereocenters. The second-order valence-electron chi connectivity index (χ2n) is 4.72. The van der Waals surface area contributed by atoms with Crippen LogP contribution in [0.1, 0.15) is 25.8 Å². The minimum Gasteiger partial charge on any atom is -0.454 e. The largest absolute Gasteiger partial charge is 0.454 e. The van der Waals surface area contributed by atoms with E-state index in [9.17, 15) is 0 Å². The van der Waals surface area contributed by atoms with Crippen LogP contribution in [-0.4, -0.2) is 19.4 Å². The highest BCUT2D eigenvalue weighted by molar-refractivity contribution is 5.64. The molecule has 0 bridgehead atoms. The Hall–Kier alpha value is -1.38. The maximum absolute atomic E-state index is 5.44. The Balaban J connectivity index is 2.06. The highest BCUT2D eigenvalue weighted by Gasteiger charge is 2.24. The number of benzene rings is 1. The fourth-order valence-corrected chi connectivity index (χ4v) is 2.54. The molecule has 0 saturated heterocycles. The van der Waals surface area contributed by atoms with Crippen molar-refractivity contribution < 1.29 is 9.47 Å². The fraction of sp³-hybridized carbons (Fsp3) is 0.538. The molecule has 86 valence electrons. The van der Waals surface area contributed by atoms with Crippen LogP contribution in [0.3, 0.4) is 0 Å². The third-order valence-electron chi connectivity index (χ3n) is 3.35. The van der Waals surface area contributed by atoms with Gasteiger partial charge in [0, 0.05) is 24.3 Å². The molecule has 0 radical (unpaired) electrons. The van der Waals surface area contributed by atoms with Crippen molar-refractivity contribution in [1.29, 1.82) is 0 Å². The average molecular weight is 219 g/mol. The summed E-state index contributed by atoms with van der Waals surface area (Å²) in [5.74, 6) is 1.80. The van der Waals surface area contributed by atoms with Crippen LogP contribution in [0.5, 0.6) is 11.5 Å². The van der Waals surface area contributed by atoms with Crippen LogP contribution in [0.2, 0.25) is 0 Å². The lowest BCUT2D eigenvalue weighted by molar-refractivity contribution is 0.174. The normalized spacial score (nSPS) is 17.8. The predicted octanol–water partition coefficient (Wildman–Crippen LogP) is 2.58. The minimum atomic E-state index is 0.361. The second-order valence-corrected chi connectivity index (χ2v) is 4.72. The molecular formula is C13H17NO2. The summed E-state index contributed by atoms with van der Waals surface area (Å²) in [5.41, 5.74) is 2.72. The van der Waals surface area contributed by atoms with Gasteiger partial charge in [-0.25, -0.2) is 0 Å². The van der Waals surface area contributed by atoms with E-state index in [1.165, 1.54) is 17.7 Å². The maximum atomic E-state index is 5.44. The van der Waals surface area contributed by atoms with E-state index in [-0.39, 0.29) is 0 Å².